The van der Waals surface area contributed by atoms with Crippen molar-refractivity contribution in [3.05, 3.63) is 138 Å². The fourth-order valence-corrected chi connectivity index (χ4v) is 4.44. The molecule has 1 N–H and O–H groups in total. The molecular formula is C31H31NO4. The number of rotatable bonds is 11. The first-order chi connectivity index (χ1) is 17.7. The summed E-state index contributed by atoms with van der Waals surface area (Å²) in [7, 11) is 3.03. The summed E-state index contributed by atoms with van der Waals surface area (Å²) in [4.78, 5) is 13.0. The summed E-state index contributed by atoms with van der Waals surface area (Å²) < 4.78 is 16.6. The quantitative estimate of drug-likeness (QED) is 0.232. The Morgan fingerprint density at radius 3 is 1.75 bits per heavy atom. The van der Waals surface area contributed by atoms with Crippen LogP contribution in [-0.4, -0.2) is 32.8 Å². The van der Waals surface area contributed by atoms with Gasteiger partial charge < -0.3 is 14.2 Å². The van der Waals surface area contributed by atoms with E-state index in [1.54, 1.807) is 7.11 Å². The summed E-state index contributed by atoms with van der Waals surface area (Å²) in [5, 5.41) is 3.65. The zero-order valence-electron chi connectivity index (χ0n) is 20.6. The molecule has 4 aromatic rings. The van der Waals surface area contributed by atoms with Gasteiger partial charge in [-0.15, -0.1) is 0 Å². The molecule has 0 aliphatic rings. The van der Waals surface area contributed by atoms with Crippen molar-refractivity contribution in [2.45, 2.75) is 18.2 Å². The van der Waals surface area contributed by atoms with Gasteiger partial charge in [0.2, 0.25) is 0 Å². The zero-order chi connectivity index (χ0) is 25.2. The maximum Gasteiger partial charge on any atom is 0.325 e. The van der Waals surface area contributed by atoms with Crippen LogP contribution in [0.2, 0.25) is 0 Å². The first-order valence-corrected chi connectivity index (χ1v) is 11.9. The minimum absolute atomic E-state index is 0.123. The highest BCUT2D eigenvalue weighted by atomic mass is 16.5. The summed E-state index contributed by atoms with van der Waals surface area (Å²) in [6.07, 6.45) is 0. The molecule has 0 heterocycles. The van der Waals surface area contributed by atoms with Crippen molar-refractivity contribution in [2.75, 3.05) is 20.8 Å². The van der Waals surface area contributed by atoms with E-state index in [1.165, 1.54) is 7.11 Å². The first kappa shape index (κ1) is 25.2. The van der Waals surface area contributed by atoms with Gasteiger partial charge in [-0.05, 0) is 34.4 Å². The second-order valence-electron chi connectivity index (χ2n) is 8.43. The van der Waals surface area contributed by atoms with Gasteiger partial charge in [0.15, 0.2) is 0 Å². The zero-order valence-corrected chi connectivity index (χ0v) is 20.6. The number of hydrogen-bond donors (Lipinski definition) is 1. The molecule has 5 nitrogen and oxygen atoms in total. The molecule has 0 saturated carbocycles. The molecule has 4 aromatic carbocycles. The second-order valence-corrected chi connectivity index (χ2v) is 8.43. The number of nitrogens with one attached hydrogen (secondary N) is 1. The number of benzene rings is 4. The van der Waals surface area contributed by atoms with Crippen LogP contribution in [0, 0.1) is 0 Å². The third-order valence-electron chi connectivity index (χ3n) is 6.18. The SMILES string of the molecule is COC(=O)C(COCc1cccc(OC)c1)NC(c1ccccc1)(c1ccccc1)c1ccccc1. The maximum atomic E-state index is 13.0. The molecule has 0 fully saturated rings. The van der Waals surface area contributed by atoms with Crippen LogP contribution in [0.3, 0.4) is 0 Å². The lowest BCUT2D eigenvalue weighted by molar-refractivity contribution is -0.145. The Hall–Kier alpha value is -3.93. The molecule has 184 valence electrons. The summed E-state index contributed by atoms with van der Waals surface area (Å²) in [6, 6.07) is 37.3. The van der Waals surface area contributed by atoms with E-state index in [0.29, 0.717) is 6.61 Å². The standard InChI is InChI=1S/C31H31NO4/c1-34-28-20-12-13-24(21-28)22-36-23-29(30(33)35-2)32-31(25-14-6-3-7-15-25,26-16-8-4-9-17-26)27-18-10-5-11-19-27/h3-21,29,32H,22-23H2,1-2H3. The molecule has 0 aromatic heterocycles. The lowest BCUT2D eigenvalue weighted by atomic mass is 9.76. The van der Waals surface area contributed by atoms with Crippen molar-refractivity contribution < 1.29 is 19.0 Å². The van der Waals surface area contributed by atoms with Crippen molar-refractivity contribution in [1.82, 2.24) is 5.32 Å². The molecule has 0 saturated heterocycles. The minimum Gasteiger partial charge on any atom is -0.497 e. The lowest BCUT2D eigenvalue weighted by Gasteiger charge is -2.39. The lowest BCUT2D eigenvalue weighted by Crippen LogP contribution is -2.54. The van der Waals surface area contributed by atoms with E-state index in [1.807, 2.05) is 78.9 Å². The monoisotopic (exact) mass is 481 g/mol. The molecule has 0 bridgehead atoms. The Morgan fingerprint density at radius 1 is 0.750 bits per heavy atom. The van der Waals surface area contributed by atoms with E-state index in [-0.39, 0.29) is 6.61 Å². The predicted octanol–water partition coefficient (Wildman–Crippen LogP) is 5.34. The van der Waals surface area contributed by atoms with Crippen LogP contribution >= 0.6 is 0 Å². The van der Waals surface area contributed by atoms with Crippen molar-refractivity contribution in [2.24, 2.45) is 0 Å². The van der Waals surface area contributed by atoms with Crippen molar-refractivity contribution in [3.63, 3.8) is 0 Å². The fraction of sp³-hybridized carbons (Fsp3) is 0.194. The van der Waals surface area contributed by atoms with Crippen LogP contribution in [0.5, 0.6) is 5.75 Å². The molecule has 0 radical (unpaired) electrons. The first-order valence-electron chi connectivity index (χ1n) is 11.9. The summed E-state index contributed by atoms with van der Waals surface area (Å²) in [6.45, 7) is 0.458. The molecule has 36 heavy (non-hydrogen) atoms. The topological polar surface area (TPSA) is 56.8 Å². The molecule has 1 unspecified atom stereocenters. The highest BCUT2D eigenvalue weighted by molar-refractivity contribution is 5.76. The Labute approximate surface area is 212 Å². The van der Waals surface area contributed by atoms with Gasteiger partial charge in [0.1, 0.15) is 11.8 Å². The Bertz CT molecular complexity index is 1130. The van der Waals surface area contributed by atoms with Crippen molar-refractivity contribution >= 4 is 5.97 Å². The third kappa shape index (κ3) is 5.65. The Morgan fingerprint density at radius 2 is 1.28 bits per heavy atom. The van der Waals surface area contributed by atoms with E-state index >= 15 is 0 Å². The van der Waals surface area contributed by atoms with E-state index in [2.05, 4.69) is 41.7 Å². The van der Waals surface area contributed by atoms with Crippen LogP contribution < -0.4 is 10.1 Å². The number of hydrogen-bond acceptors (Lipinski definition) is 5. The van der Waals surface area contributed by atoms with Gasteiger partial charge in [0.05, 0.1) is 33.0 Å². The molecule has 0 spiro atoms. The van der Waals surface area contributed by atoms with Crippen LogP contribution in [0.1, 0.15) is 22.3 Å². The molecular weight excluding hydrogens is 450 g/mol. The maximum absolute atomic E-state index is 13.0. The molecule has 0 amide bonds. The largest absolute Gasteiger partial charge is 0.497 e. The molecule has 0 aliphatic heterocycles. The number of ether oxygens (including phenoxy) is 3. The fourth-order valence-electron chi connectivity index (χ4n) is 4.44. The number of methoxy groups -OCH3 is 2. The second kappa shape index (κ2) is 12.2. The Kier molecular flexibility index (Phi) is 8.50. The van der Waals surface area contributed by atoms with E-state index in [0.717, 1.165) is 28.0 Å². The van der Waals surface area contributed by atoms with Gasteiger partial charge >= 0.3 is 5.97 Å². The molecule has 5 heteroatoms. The number of carbonyl (C=O) groups is 1. The van der Waals surface area contributed by atoms with Gasteiger partial charge in [0, 0.05) is 0 Å². The van der Waals surface area contributed by atoms with Gasteiger partial charge in [-0.1, -0.05) is 103 Å². The summed E-state index contributed by atoms with van der Waals surface area (Å²) >= 11 is 0. The van der Waals surface area contributed by atoms with Gasteiger partial charge in [-0.25, -0.2) is 0 Å². The van der Waals surface area contributed by atoms with Crippen LogP contribution in [0.15, 0.2) is 115 Å². The van der Waals surface area contributed by atoms with Crippen LogP contribution in [-0.2, 0) is 26.4 Å². The Balaban J connectivity index is 1.72. The summed E-state index contributed by atoms with van der Waals surface area (Å²) in [5.74, 6) is 0.364. The number of esters is 1. The normalized spacial score (nSPS) is 12.1. The number of carbonyl (C=O) groups excluding carboxylic acids is 1. The third-order valence-corrected chi connectivity index (χ3v) is 6.18. The molecule has 1 atom stereocenters. The smallest absolute Gasteiger partial charge is 0.325 e. The molecule has 0 aliphatic carbocycles. The van der Waals surface area contributed by atoms with Gasteiger partial charge in [-0.3, -0.25) is 10.1 Å². The summed E-state index contributed by atoms with van der Waals surface area (Å²) in [5.41, 5.74) is 3.15. The van der Waals surface area contributed by atoms with E-state index in [9.17, 15) is 4.79 Å². The highest BCUT2D eigenvalue weighted by Crippen LogP contribution is 2.37. The van der Waals surface area contributed by atoms with Crippen LogP contribution in [0.4, 0.5) is 0 Å². The molecule has 4 rings (SSSR count). The average Bonchev–Trinajstić information content (AvgIpc) is 2.96. The van der Waals surface area contributed by atoms with Gasteiger partial charge in [-0.2, -0.15) is 0 Å². The van der Waals surface area contributed by atoms with Crippen LogP contribution in [0.25, 0.3) is 0 Å². The minimum atomic E-state index is -0.817. The van der Waals surface area contributed by atoms with E-state index < -0.39 is 17.6 Å². The van der Waals surface area contributed by atoms with E-state index in [4.69, 9.17) is 14.2 Å². The predicted molar refractivity (Wildman–Crippen MR) is 141 cm³/mol. The van der Waals surface area contributed by atoms with Gasteiger partial charge in [0.25, 0.3) is 0 Å². The van der Waals surface area contributed by atoms with Crippen molar-refractivity contribution in [1.29, 1.82) is 0 Å². The average molecular weight is 482 g/mol. The van der Waals surface area contributed by atoms with Crippen molar-refractivity contribution in [3.8, 4) is 5.75 Å². The highest BCUT2D eigenvalue weighted by Gasteiger charge is 2.40.